The molecule has 2 unspecified atom stereocenters. The summed E-state index contributed by atoms with van der Waals surface area (Å²) in [7, 11) is 0. The largest absolute Gasteiger partial charge is 0.370 e. The van der Waals surface area contributed by atoms with Crippen molar-refractivity contribution in [1.29, 1.82) is 0 Å². The van der Waals surface area contributed by atoms with Gasteiger partial charge in [-0.15, -0.1) is 0 Å². The van der Waals surface area contributed by atoms with Gasteiger partial charge in [-0.05, 0) is 49.8 Å². The van der Waals surface area contributed by atoms with Crippen molar-refractivity contribution in [3.05, 3.63) is 35.4 Å². The molecule has 4 atom stereocenters. The molecule has 9 nitrogen and oxygen atoms in total. The van der Waals surface area contributed by atoms with E-state index in [1.54, 1.807) is 0 Å². The van der Waals surface area contributed by atoms with Crippen LogP contribution in [0.3, 0.4) is 0 Å². The second-order valence-corrected chi connectivity index (χ2v) is 7.87. The fourth-order valence-corrected chi connectivity index (χ4v) is 4.13. The summed E-state index contributed by atoms with van der Waals surface area (Å²) in [5, 5.41) is 6.24. The lowest BCUT2D eigenvalue weighted by Gasteiger charge is -2.28. The molecule has 0 saturated carbocycles. The van der Waals surface area contributed by atoms with Crippen LogP contribution in [0.25, 0.3) is 0 Å². The lowest BCUT2D eigenvalue weighted by atomic mass is 9.87. The van der Waals surface area contributed by atoms with Crippen LogP contribution in [0.5, 0.6) is 0 Å². The zero-order chi connectivity index (χ0) is 21.7. The minimum atomic E-state index is -0.990. The molecular weight excluding hydrogens is 384 g/mol. The highest BCUT2D eigenvalue weighted by molar-refractivity contribution is 6.41. The molecule has 1 fully saturated rings. The highest BCUT2D eigenvalue weighted by atomic mass is 16.2. The van der Waals surface area contributed by atoms with Gasteiger partial charge in [0.05, 0.1) is 18.1 Å². The fourth-order valence-electron chi connectivity index (χ4n) is 4.13. The van der Waals surface area contributed by atoms with Crippen LogP contribution in [0.1, 0.15) is 42.9 Å². The monoisotopic (exact) mass is 414 g/mol. The molecule has 9 heteroatoms. The van der Waals surface area contributed by atoms with E-state index in [9.17, 15) is 14.4 Å². The van der Waals surface area contributed by atoms with Gasteiger partial charge in [0.1, 0.15) is 6.04 Å². The third-order valence-electron chi connectivity index (χ3n) is 5.73. The van der Waals surface area contributed by atoms with Gasteiger partial charge in [0.25, 0.3) is 0 Å². The molecule has 0 amide bonds. The lowest BCUT2D eigenvalue weighted by molar-refractivity contribution is -0.138. The van der Waals surface area contributed by atoms with Crippen LogP contribution in [-0.2, 0) is 20.8 Å². The average molecular weight is 415 g/mol. The summed E-state index contributed by atoms with van der Waals surface area (Å²) < 4.78 is 0. The summed E-state index contributed by atoms with van der Waals surface area (Å²) in [4.78, 5) is 42.0. The van der Waals surface area contributed by atoms with E-state index in [1.807, 2.05) is 24.3 Å². The number of Topliss-reactive ketones (excluding diaryl/α,β-unsaturated/α-hetero) is 3. The van der Waals surface area contributed by atoms with E-state index in [4.69, 9.17) is 17.2 Å². The molecule has 30 heavy (non-hydrogen) atoms. The quantitative estimate of drug-likeness (QED) is 0.197. The molecule has 2 aliphatic rings. The van der Waals surface area contributed by atoms with Crippen LogP contribution >= 0.6 is 0 Å². The van der Waals surface area contributed by atoms with Crippen molar-refractivity contribution in [3.8, 4) is 0 Å². The molecule has 8 N–H and O–H groups in total. The first-order chi connectivity index (χ1) is 14.4. The summed E-state index contributed by atoms with van der Waals surface area (Å²) >= 11 is 0. The fraction of sp³-hybridized carbons (Fsp3) is 0.524. The SMILES string of the molecule is NC(N)=NC(CC[C@H](N)C(=O)C(=O)[C@@H]1CCCN1)C(=O)C1NCCc2ccccc21. The maximum absolute atomic E-state index is 13.2. The summed E-state index contributed by atoms with van der Waals surface area (Å²) in [6.45, 7) is 1.39. The van der Waals surface area contributed by atoms with Crippen molar-refractivity contribution in [2.45, 2.75) is 56.3 Å². The Balaban J connectivity index is 1.68. The first kappa shape index (κ1) is 22.1. The minimum Gasteiger partial charge on any atom is -0.370 e. The van der Waals surface area contributed by atoms with Gasteiger partial charge in [-0.1, -0.05) is 24.3 Å². The summed E-state index contributed by atoms with van der Waals surface area (Å²) in [5.41, 5.74) is 19.1. The van der Waals surface area contributed by atoms with E-state index in [1.165, 1.54) is 0 Å². The van der Waals surface area contributed by atoms with Crippen molar-refractivity contribution in [2.24, 2.45) is 22.2 Å². The summed E-state index contributed by atoms with van der Waals surface area (Å²) in [5.74, 6) is -1.50. The number of ketones is 3. The van der Waals surface area contributed by atoms with E-state index in [-0.39, 0.29) is 24.6 Å². The molecule has 2 aliphatic heterocycles. The molecular formula is C21H30N6O3. The van der Waals surface area contributed by atoms with Gasteiger partial charge in [-0.3, -0.25) is 14.4 Å². The smallest absolute Gasteiger partial charge is 0.216 e. The van der Waals surface area contributed by atoms with Crippen molar-refractivity contribution < 1.29 is 14.4 Å². The first-order valence-corrected chi connectivity index (χ1v) is 10.4. The van der Waals surface area contributed by atoms with E-state index < -0.39 is 35.7 Å². The Labute approximate surface area is 175 Å². The minimum absolute atomic E-state index is 0.138. The number of hydrogen-bond donors (Lipinski definition) is 5. The van der Waals surface area contributed by atoms with Gasteiger partial charge >= 0.3 is 0 Å². The summed E-state index contributed by atoms with van der Waals surface area (Å²) in [6.07, 6.45) is 2.65. The average Bonchev–Trinajstić information content (AvgIpc) is 3.29. The Kier molecular flexibility index (Phi) is 7.30. The van der Waals surface area contributed by atoms with E-state index >= 15 is 0 Å². The molecule has 0 bridgehead atoms. The predicted molar refractivity (Wildman–Crippen MR) is 114 cm³/mol. The molecule has 162 valence electrons. The number of rotatable bonds is 9. The zero-order valence-electron chi connectivity index (χ0n) is 17.0. The number of guanidine groups is 1. The van der Waals surface area contributed by atoms with Gasteiger partial charge in [-0.2, -0.15) is 0 Å². The number of fused-ring (bicyclic) bond motifs is 1. The van der Waals surface area contributed by atoms with Gasteiger partial charge in [0, 0.05) is 6.54 Å². The topological polar surface area (TPSA) is 166 Å². The Morgan fingerprint density at radius 1 is 1.10 bits per heavy atom. The Hall–Kier alpha value is -2.62. The Bertz CT molecular complexity index is 830. The van der Waals surface area contributed by atoms with Crippen molar-refractivity contribution in [1.82, 2.24) is 10.6 Å². The summed E-state index contributed by atoms with van der Waals surface area (Å²) in [6, 6.07) is 4.93. The predicted octanol–water partition coefficient (Wildman–Crippen LogP) is -0.918. The maximum atomic E-state index is 13.2. The van der Waals surface area contributed by atoms with Crippen LogP contribution in [0, 0.1) is 0 Å². The number of carbonyl (C=O) groups is 3. The molecule has 1 aromatic rings. The van der Waals surface area contributed by atoms with Crippen LogP contribution in [0.15, 0.2) is 29.3 Å². The number of nitrogens with one attached hydrogen (secondary N) is 2. The molecule has 0 radical (unpaired) electrons. The van der Waals surface area contributed by atoms with E-state index in [0.29, 0.717) is 13.0 Å². The van der Waals surface area contributed by atoms with Gasteiger partial charge < -0.3 is 27.8 Å². The van der Waals surface area contributed by atoms with Gasteiger partial charge in [0.2, 0.25) is 11.6 Å². The molecule has 0 spiro atoms. The zero-order valence-corrected chi connectivity index (χ0v) is 17.0. The molecule has 1 saturated heterocycles. The third kappa shape index (κ3) is 5.10. The molecule has 1 aromatic carbocycles. The number of carbonyl (C=O) groups excluding carboxylic acids is 3. The number of nitrogens with two attached hydrogens (primary N) is 3. The molecule has 3 rings (SSSR count). The van der Waals surface area contributed by atoms with Crippen LogP contribution in [0.4, 0.5) is 0 Å². The number of benzene rings is 1. The van der Waals surface area contributed by atoms with Crippen molar-refractivity contribution in [3.63, 3.8) is 0 Å². The molecule has 0 aliphatic carbocycles. The molecule has 2 heterocycles. The highest BCUT2D eigenvalue weighted by Crippen LogP contribution is 2.26. The van der Waals surface area contributed by atoms with Crippen LogP contribution in [-0.4, -0.2) is 54.5 Å². The van der Waals surface area contributed by atoms with Crippen LogP contribution < -0.4 is 27.8 Å². The standard InChI is InChI=1S/C21H30N6O3/c22-14(18(28)20(30)15-6-3-10-25-15)7-8-16(27-21(23)24)19(29)17-13-5-2-1-4-12(13)9-11-26-17/h1-2,4-5,14-17,25-26H,3,6-11,22H2,(H4,23,24,27)/t14-,15-,16?,17?/m0/s1. The number of aliphatic imine (C=N–C) groups is 1. The van der Waals surface area contributed by atoms with Crippen molar-refractivity contribution >= 4 is 23.3 Å². The number of hydrogen-bond acceptors (Lipinski definition) is 7. The van der Waals surface area contributed by atoms with E-state index in [2.05, 4.69) is 15.6 Å². The second-order valence-electron chi connectivity index (χ2n) is 7.87. The van der Waals surface area contributed by atoms with E-state index in [0.717, 1.165) is 30.5 Å². The third-order valence-corrected chi connectivity index (χ3v) is 5.73. The highest BCUT2D eigenvalue weighted by Gasteiger charge is 2.34. The number of nitrogens with zero attached hydrogens (tertiary/aromatic N) is 1. The molecule has 0 aromatic heterocycles. The maximum Gasteiger partial charge on any atom is 0.216 e. The Morgan fingerprint density at radius 3 is 2.57 bits per heavy atom. The lowest BCUT2D eigenvalue weighted by Crippen LogP contribution is -2.45. The van der Waals surface area contributed by atoms with Crippen LogP contribution in [0.2, 0.25) is 0 Å². The normalized spacial score (nSPS) is 22.6. The second kappa shape index (κ2) is 9.92. The first-order valence-electron chi connectivity index (χ1n) is 10.4. The van der Waals surface area contributed by atoms with Crippen molar-refractivity contribution in [2.75, 3.05) is 13.1 Å². The van der Waals surface area contributed by atoms with Gasteiger partial charge in [-0.25, -0.2) is 4.99 Å². The Morgan fingerprint density at radius 2 is 1.87 bits per heavy atom. The van der Waals surface area contributed by atoms with Gasteiger partial charge in [0.15, 0.2) is 11.7 Å².